The summed E-state index contributed by atoms with van der Waals surface area (Å²) in [5, 5.41) is 10.1. The number of ketones is 1. The second-order valence-electron chi connectivity index (χ2n) is 8.15. The van der Waals surface area contributed by atoms with Crippen LogP contribution in [0.4, 0.5) is 0 Å². The lowest BCUT2D eigenvalue weighted by Crippen LogP contribution is -2.28. The monoisotopic (exact) mass is 411 g/mol. The average Bonchev–Trinajstić information content (AvgIpc) is 3.54. The number of pyridine rings is 1. The Morgan fingerprint density at radius 2 is 1.83 bits per heavy atom. The molecule has 1 aromatic heterocycles. The highest BCUT2D eigenvalue weighted by molar-refractivity contribution is 5.99. The van der Waals surface area contributed by atoms with E-state index >= 15 is 0 Å². The number of aromatic nitrogens is 1. The molecule has 0 spiro atoms. The molecule has 3 atom stereocenters. The third-order valence-corrected chi connectivity index (χ3v) is 5.67. The van der Waals surface area contributed by atoms with E-state index in [-0.39, 0.29) is 35.6 Å². The molecule has 0 unspecified atom stereocenters. The van der Waals surface area contributed by atoms with Crippen LogP contribution in [-0.4, -0.2) is 35.1 Å². The van der Waals surface area contributed by atoms with E-state index in [1.807, 2.05) is 13.8 Å². The van der Waals surface area contributed by atoms with Crippen LogP contribution in [0.1, 0.15) is 60.6 Å². The highest BCUT2D eigenvalue weighted by atomic mass is 16.5. The number of aromatic hydroxyl groups is 1. The summed E-state index contributed by atoms with van der Waals surface area (Å²) < 4.78 is 10.8. The number of carbonyl (C=O) groups excluding carboxylic acids is 2. The summed E-state index contributed by atoms with van der Waals surface area (Å²) in [6, 6.07) is 9.83. The van der Waals surface area contributed by atoms with Gasteiger partial charge in [-0.05, 0) is 38.2 Å². The SMILES string of the molecule is COc1ccnc(C(=O)C[C@@H](C)C(=O)O[C@@H](C)[C@H](c2ccc(C)cc2)C2CC2)c1O. The van der Waals surface area contributed by atoms with Gasteiger partial charge in [0.2, 0.25) is 0 Å². The molecule has 6 nitrogen and oxygen atoms in total. The number of methoxy groups -OCH3 is 1. The number of carbonyl (C=O) groups is 2. The van der Waals surface area contributed by atoms with Gasteiger partial charge in [0, 0.05) is 24.6 Å². The number of rotatable bonds is 9. The summed E-state index contributed by atoms with van der Waals surface area (Å²) >= 11 is 0. The summed E-state index contributed by atoms with van der Waals surface area (Å²) in [6.07, 6.45) is 3.27. The minimum atomic E-state index is -0.648. The van der Waals surface area contributed by atoms with Crippen molar-refractivity contribution in [3.05, 3.63) is 53.3 Å². The number of Topliss-reactive ketones (excluding diaryl/α,β-unsaturated/α-hetero) is 1. The van der Waals surface area contributed by atoms with Crippen LogP contribution in [0.15, 0.2) is 36.5 Å². The fraction of sp³-hybridized carbons (Fsp3) is 0.458. The van der Waals surface area contributed by atoms with Crippen LogP contribution in [0.3, 0.4) is 0 Å². The van der Waals surface area contributed by atoms with E-state index in [1.54, 1.807) is 6.92 Å². The molecule has 30 heavy (non-hydrogen) atoms. The number of hydrogen-bond acceptors (Lipinski definition) is 6. The molecule has 0 bridgehead atoms. The predicted molar refractivity (Wildman–Crippen MR) is 113 cm³/mol. The van der Waals surface area contributed by atoms with Gasteiger partial charge in [0.25, 0.3) is 0 Å². The second-order valence-corrected chi connectivity index (χ2v) is 8.15. The standard InChI is InChI=1S/C24H29NO5/c1-14-5-7-17(8-6-14)21(18-9-10-18)16(3)30-24(28)15(2)13-19(26)22-23(27)20(29-4)11-12-25-22/h5-8,11-12,15-16,18,21,27H,9-10,13H2,1-4H3/t15-,16+,21-/m1/s1. The van der Waals surface area contributed by atoms with Gasteiger partial charge in [0.15, 0.2) is 23.0 Å². The van der Waals surface area contributed by atoms with E-state index in [9.17, 15) is 14.7 Å². The summed E-state index contributed by atoms with van der Waals surface area (Å²) in [4.78, 5) is 29.2. The van der Waals surface area contributed by atoms with Crippen LogP contribution in [0, 0.1) is 18.8 Å². The topological polar surface area (TPSA) is 85.7 Å². The fourth-order valence-electron chi connectivity index (χ4n) is 3.81. The van der Waals surface area contributed by atoms with Crippen LogP contribution >= 0.6 is 0 Å². The molecule has 2 aromatic rings. The smallest absolute Gasteiger partial charge is 0.309 e. The number of nitrogens with zero attached hydrogens (tertiary/aromatic N) is 1. The van der Waals surface area contributed by atoms with Crippen molar-refractivity contribution < 1.29 is 24.2 Å². The minimum absolute atomic E-state index is 0.0993. The van der Waals surface area contributed by atoms with Gasteiger partial charge in [-0.25, -0.2) is 4.98 Å². The van der Waals surface area contributed by atoms with Crippen molar-refractivity contribution in [2.45, 2.75) is 52.1 Å². The predicted octanol–water partition coefficient (Wildman–Crippen LogP) is 4.44. The zero-order valence-electron chi connectivity index (χ0n) is 17.9. The maximum Gasteiger partial charge on any atom is 0.309 e. The molecular weight excluding hydrogens is 382 g/mol. The summed E-state index contributed by atoms with van der Waals surface area (Å²) in [5.74, 6) is -0.969. The van der Waals surface area contributed by atoms with E-state index in [2.05, 4.69) is 29.2 Å². The number of esters is 1. The third-order valence-electron chi connectivity index (χ3n) is 5.67. The molecule has 0 amide bonds. The number of hydrogen-bond donors (Lipinski definition) is 1. The van der Waals surface area contributed by atoms with Crippen molar-refractivity contribution in [1.29, 1.82) is 0 Å². The molecule has 1 aliphatic carbocycles. The van der Waals surface area contributed by atoms with Gasteiger partial charge in [-0.15, -0.1) is 0 Å². The molecule has 3 rings (SSSR count). The maximum absolute atomic E-state index is 12.7. The van der Waals surface area contributed by atoms with E-state index in [1.165, 1.54) is 30.5 Å². The van der Waals surface area contributed by atoms with Crippen LogP contribution in [0.2, 0.25) is 0 Å². The molecule has 1 saturated carbocycles. The van der Waals surface area contributed by atoms with Crippen molar-refractivity contribution in [3.63, 3.8) is 0 Å². The Bertz CT molecular complexity index is 904. The highest BCUT2D eigenvalue weighted by Crippen LogP contribution is 2.45. The van der Waals surface area contributed by atoms with Crippen molar-refractivity contribution in [2.24, 2.45) is 11.8 Å². The van der Waals surface area contributed by atoms with Crippen molar-refractivity contribution in [3.8, 4) is 11.5 Å². The Labute approximate surface area is 177 Å². The first-order valence-electron chi connectivity index (χ1n) is 10.3. The zero-order valence-corrected chi connectivity index (χ0v) is 17.9. The van der Waals surface area contributed by atoms with Crippen molar-refractivity contribution in [2.75, 3.05) is 7.11 Å². The van der Waals surface area contributed by atoms with E-state index in [0.29, 0.717) is 5.92 Å². The zero-order chi connectivity index (χ0) is 21.8. The Morgan fingerprint density at radius 3 is 2.43 bits per heavy atom. The lowest BCUT2D eigenvalue weighted by Gasteiger charge is -2.26. The Balaban J connectivity index is 1.64. The summed E-state index contributed by atoms with van der Waals surface area (Å²) in [7, 11) is 1.40. The average molecular weight is 411 g/mol. The molecule has 1 N–H and O–H groups in total. The largest absolute Gasteiger partial charge is 0.503 e. The molecule has 1 aromatic carbocycles. The Morgan fingerprint density at radius 1 is 1.17 bits per heavy atom. The van der Waals surface area contributed by atoms with Crippen LogP contribution in [-0.2, 0) is 9.53 Å². The minimum Gasteiger partial charge on any atom is -0.503 e. The van der Waals surface area contributed by atoms with Crippen LogP contribution in [0.25, 0.3) is 0 Å². The first-order chi connectivity index (χ1) is 14.3. The summed E-state index contributed by atoms with van der Waals surface area (Å²) in [5.41, 5.74) is 2.27. The normalized spacial score (nSPS) is 16.4. The van der Waals surface area contributed by atoms with Gasteiger partial charge in [0.1, 0.15) is 6.10 Å². The van der Waals surface area contributed by atoms with Crippen molar-refractivity contribution >= 4 is 11.8 Å². The van der Waals surface area contributed by atoms with E-state index in [4.69, 9.17) is 9.47 Å². The molecule has 1 aliphatic rings. The molecular formula is C24H29NO5. The highest BCUT2D eigenvalue weighted by Gasteiger charge is 2.38. The van der Waals surface area contributed by atoms with Gasteiger partial charge in [-0.1, -0.05) is 36.8 Å². The summed E-state index contributed by atoms with van der Waals surface area (Å²) in [6.45, 7) is 5.62. The Kier molecular flexibility index (Phi) is 6.75. The number of benzene rings is 1. The van der Waals surface area contributed by atoms with Gasteiger partial charge in [-0.3, -0.25) is 9.59 Å². The number of ether oxygens (including phenoxy) is 2. The molecule has 1 heterocycles. The first-order valence-corrected chi connectivity index (χ1v) is 10.3. The quantitative estimate of drug-likeness (QED) is 0.485. The lowest BCUT2D eigenvalue weighted by molar-refractivity contribution is -0.153. The molecule has 6 heteroatoms. The van der Waals surface area contributed by atoms with Gasteiger partial charge < -0.3 is 14.6 Å². The molecule has 0 aliphatic heterocycles. The van der Waals surface area contributed by atoms with Gasteiger partial charge in [0.05, 0.1) is 13.0 Å². The van der Waals surface area contributed by atoms with Crippen LogP contribution < -0.4 is 4.74 Å². The number of aryl methyl sites for hydroxylation is 1. The van der Waals surface area contributed by atoms with E-state index < -0.39 is 17.7 Å². The lowest BCUT2D eigenvalue weighted by atomic mass is 9.89. The van der Waals surface area contributed by atoms with E-state index in [0.717, 1.165) is 12.8 Å². The molecule has 160 valence electrons. The maximum atomic E-state index is 12.7. The Hall–Kier alpha value is -2.89. The van der Waals surface area contributed by atoms with Gasteiger partial charge in [-0.2, -0.15) is 0 Å². The fourth-order valence-corrected chi connectivity index (χ4v) is 3.81. The van der Waals surface area contributed by atoms with Crippen molar-refractivity contribution in [1.82, 2.24) is 4.98 Å². The van der Waals surface area contributed by atoms with Gasteiger partial charge >= 0.3 is 5.97 Å². The first kappa shape index (κ1) is 21.8. The third kappa shape index (κ3) is 4.99. The second kappa shape index (κ2) is 9.28. The van der Waals surface area contributed by atoms with Crippen LogP contribution in [0.5, 0.6) is 11.5 Å². The molecule has 0 saturated heterocycles. The molecule has 1 fully saturated rings. The molecule has 0 radical (unpaired) electrons.